The minimum Gasteiger partial charge on any atom is -0.476 e. The Bertz CT molecular complexity index is 1190. The first kappa shape index (κ1) is 27.6. The Hall–Kier alpha value is -3.43. The van der Waals surface area contributed by atoms with E-state index in [1.807, 2.05) is 25.2 Å². The Morgan fingerprint density at radius 2 is 1.92 bits per heavy atom. The quantitative estimate of drug-likeness (QED) is 0.588. The molecule has 0 bridgehead atoms. The monoisotopic (exact) mass is 536 g/mol. The van der Waals surface area contributed by atoms with Crippen LogP contribution in [-0.4, -0.2) is 64.0 Å². The average Bonchev–Trinajstić information content (AvgIpc) is 3.16. The summed E-state index contributed by atoms with van der Waals surface area (Å²) >= 11 is 0. The fourth-order valence-electron chi connectivity index (χ4n) is 5.49. The van der Waals surface area contributed by atoms with Gasteiger partial charge in [0.2, 0.25) is 17.7 Å². The summed E-state index contributed by atoms with van der Waals surface area (Å²) in [4.78, 5) is 48.8. The molecule has 3 heterocycles. The van der Waals surface area contributed by atoms with Crippen LogP contribution in [0.5, 0.6) is 5.88 Å². The van der Waals surface area contributed by atoms with Gasteiger partial charge in [0, 0.05) is 6.54 Å². The van der Waals surface area contributed by atoms with Crippen molar-refractivity contribution in [2.24, 2.45) is 22.7 Å². The van der Waals surface area contributed by atoms with Gasteiger partial charge in [-0.15, -0.1) is 0 Å². The van der Waals surface area contributed by atoms with E-state index < -0.39 is 47.4 Å². The summed E-state index contributed by atoms with van der Waals surface area (Å²) in [7, 11) is 0. The maximum Gasteiger partial charge on any atom is 0.471 e. The highest BCUT2D eigenvalue weighted by Crippen LogP contribution is 2.65. The zero-order valence-electron chi connectivity index (χ0n) is 21.8. The molecule has 0 aromatic carbocycles. The highest BCUT2D eigenvalue weighted by molar-refractivity contribution is 5.95. The number of fused-ring (bicyclic) bond motifs is 2. The van der Waals surface area contributed by atoms with Gasteiger partial charge in [0.15, 0.2) is 6.04 Å². The number of piperidine rings is 1. The smallest absolute Gasteiger partial charge is 0.471 e. The fourth-order valence-corrected chi connectivity index (χ4v) is 5.49. The summed E-state index contributed by atoms with van der Waals surface area (Å²) < 4.78 is 44.5. The molecule has 3 aliphatic rings. The van der Waals surface area contributed by atoms with Gasteiger partial charge in [-0.05, 0) is 35.5 Å². The molecule has 1 aromatic rings. The second-order valence-electron chi connectivity index (χ2n) is 11.7. The lowest BCUT2D eigenvalue weighted by Crippen LogP contribution is -2.60. The van der Waals surface area contributed by atoms with Crippen LogP contribution in [0.25, 0.3) is 0 Å². The molecule has 1 saturated carbocycles. The van der Waals surface area contributed by atoms with Gasteiger partial charge in [-0.1, -0.05) is 34.6 Å². The van der Waals surface area contributed by atoms with Crippen LogP contribution in [0.15, 0.2) is 6.20 Å². The van der Waals surface area contributed by atoms with E-state index in [1.165, 1.54) is 31.9 Å². The lowest BCUT2D eigenvalue weighted by atomic mass is 9.85. The number of nitrogens with zero attached hydrogens (tertiary/aromatic N) is 4. The third-order valence-corrected chi connectivity index (χ3v) is 7.74. The molecule has 0 radical (unpaired) electrons. The number of likely N-dealkylation sites (tertiary alicyclic amines) is 1. The van der Waals surface area contributed by atoms with Crippen LogP contribution in [0, 0.1) is 34.0 Å². The molecule has 10 nitrogen and oxygen atoms in total. The molecule has 0 spiro atoms. The summed E-state index contributed by atoms with van der Waals surface area (Å²) in [5.74, 6) is -3.65. The molecule has 2 fully saturated rings. The fraction of sp³-hybridized carbons (Fsp3) is 0.680. The van der Waals surface area contributed by atoms with Crippen LogP contribution in [0.3, 0.4) is 0 Å². The number of aromatic nitrogens is 2. The van der Waals surface area contributed by atoms with Crippen molar-refractivity contribution in [1.82, 2.24) is 25.5 Å². The maximum absolute atomic E-state index is 13.6. The molecule has 206 valence electrons. The van der Waals surface area contributed by atoms with E-state index in [4.69, 9.17) is 4.74 Å². The Balaban J connectivity index is 1.58. The van der Waals surface area contributed by atoms with Gasteiger partial charge in [0.25, 0.3) is 0 Å². The normalized spacial score (nSPS) is 25.1. The van der Waals surface area contributed by atoms with Gasteiger partial charge in [-0.3, -0.25) is 19.4 Å². The van der Waals surface area contributed by atoms with Crippen molar-refractivity contribution in [1.29, 1.82) is 5.26 Å². The minimum atomic E-state index is -5.17. The lowest BCUT2D eigenvalue weighted by molar-refractivity contribution is -0.176. The summed E-state index contributed by atoms with van der Waals surface area (Å²) in [6.45, 7) is 9.11. The van der Waals surface area contributed by atoms with E-state index in [0.29, 0.717) is 24.6 Å². The van der Waals surface area contributed by atoms with Gasteiger partial charge in [0.1, 0.15) is 17.8 Å². The van der Waals surface area contributed by atoms with Crippen molar-refractivity contribution in [3.05, 3.63) is 17.6 Å². The second-order valence-corrected chi connectivity index (χ2v) is 11.7. The van der Waals surface area contributed by atoms with Crippen LogP contribution in [0.1, 0.15) is 58.5 Å². The summed E-state index contributed by atoms with van der Waals surface area (Å²) in [5.41, 5.74) is -0.525. The topological polar surface area (TPSA) is 137 Å². The molecule has 1 aromatic heterocycles. The molecule has 2 aliphatic heterocycles. The first-order chi connectivity index (χ1) is 17.6. The summed E-state index contributed by atoms with van der Waals surface area (Å²) in [6.07, 6.45) is -2.30. The zero-order chi connectivity index (χ0) is 28.2. The van der Waals surface area contributed by atoms with Gasteiger partial charge in [-0.25, -0.2) is 4.98 Å². The lowest BCUT2D eigenvalue weighted by Gasteiger charge is -2.37. The van der Waals surface area contributed by atoms with Crippen molar-refractivity contribution < 1.29 is 32.3 Å². The van der Waals surface area contributed by atoms with E-state index in [-0.39, 0.29) is 29.5 Å². The number of amides is 3. The molecule has 38 heavy (non-hydrogen) atoms. The molecule has 1 aliphatic carbocycles. The highest BCUT2D eigenvalue weighted by atomic mass is 19.4. The molecular weight excluding hydrogens is 505 g/mol. The molecule has 3 amide bonds. The third-order valence-electron chi connectivity index (χ3n) is 7.74. The Morgan fingerprint density at radius 3 is 2.53 bits per heavy atom. The number of alkyl halides is 3. The Morgan fingerprint density at radius 1 is 1.24 bits per heavy atom. The van der Waals surface area contributed by atoms with Crippen LogP contribution in [0.4, 0.5) is 13.2 Å². The molecule has 4 rings (SSSR count). The van der Waals surface area contributed by atoms with E-state index in [1.54, 1.807) is 0 Å². The molecule has 1 saturated heterocycles. The number of hydrogen-bond acceptors (Lipinski definition) is 7. The summed E-state index contributed by atoms with van der Waals surface area (Å²) in [5, 5.41) is 14.2. The number of carbonyl (C=O) groups excluding carboxylic acids is 3. The number of nitrogens with one attached hydrogen (secondary N) is 2. The van der Waals surface area contributed by atoms with Gasteiger partial charge in [-0.2, -0.15) is 18.4 Å². The summed E-state index contributed by atoms with van der Waals surface area (Å²) in [6, 6.07) is -1.76. The number of carbonyl (C=O) groups is 3. The van der Waals surface area contributed by atoms with Gasteiger partial charge in [0.05, 0.1) is 24.6 Å². The standard InChI is InChI=1S/C25H31F3N6O4/c1-23(2,3)18(33-22(37)25(26,27)28)21(36)34-11-12-16(24(12,4)5)17(34)19(35)31-14(9-29)15-10-30-13-7-6-8-38-20(13)32-15/h10,12,14,16-18H,6-8,11H2,1-5H3,(H,31,35)(H,33,37)/t12-,14?,16-,17-,18+/m0/s1. The Labute approximate surface area is 218 Å². The first-order valence-electron chi connectivity index (χ1n) is 12.4. The van der Waals surface area contributed by atoms with Crippen LogP contribution in [-0.2, 0) is 20.8 Å². The van der Waals surface area contributed by atoms with Gasteiger partial charge >= 0.3 is 12.1 Å². The van der Waals surface area contributed by atoms with Crippen LogP contribution < -0.4 is 15.4 Å². The zero-order valence-corrected chi connectivity index (χ0v) is 21.8. The number of rotatable bonds is 5. The number of ether oxygens (including phenoxy) is 1. The predicted molar refractivity (Wildman–Crippen MR) is 126 cm³/mol. The minimum absolute atomic E-state index is 0.0568. The number of nitriles is 1. The first-order valence-corrected chi connectivity index (χ1v) is 12.4. The molecular formula is C25H31F3N6O4. The number of aryl methyl sites for hydroxylation is 1. The molecule has 1 unspecified atom stereocenters. The van der Waals surface area contributed by atoms with E-state index in [0.717, 1.165) is 6.42 Å². The third kappa shape index (κ3) is 5.00. The number of halogens is 3. The van der Waals surface area contributed by atoms with E-state index in [9.17, 15) is 32.8 Å². The van der Waals surface area contributed by atoms with Crippen molar-refractivity contribution in [3.63, 3.8) is 0 Å². The molecule has 13 heteroatoms. The van der Waals surface area contributed by atoms with Crippen molar-refractivity contribution in [2.45, 2.75) is 71.8 Å². The van der Waals surface area contributed by atoms with Gasteiger partial charge < -0.3 is 20.3 Å². The molecule has 2 N–H and O–H groups in total. The van der Waals surface area contributed by atoms with Crippen LogP contribution >= 0.6 is 0 Å². The van der Waals surface area contributed by atoms with Crippen molar-refractivity contribution in [2.75, 3.05) is 13.2 Å². The largest absolute Gasteiger partial charge is 0.476 e. The highest BCUT2D eigenvalue weighted by Gasteiger charge is 2.70. The second kappa shape index (κ2) is 9.39. The average molecular weight is 537 g/mol. The maximum atomic E-state index is 13.6. The van der Waals surface area contributed by atoms with Crippen molar-refractivity contribution in [3.8, 4) is 11.9 Å². The van der Waals surface area contributed by atoms with E-state index in [2.05, 4.69) is 15.3 Å². The van der Waals surface area contributed by atoms with Crippen LogP contribution in [0.2, 0.25) is 0 Å². The Kier molecular flexibility index (Phi) is 6.82. The van der Waals surface area contributed by atoms with Crippen molar-refractivity contribution >= 4 is 17.7 Å². The number of hydrogen-bond donors (Lipinski definition) is 2. The van der Waals surface area contributed by atoms with E-state index >= 15 is 0 Å². The SMILES string of the molecule is CC(C)(C)[C@H](NC(=O)C(F)(F)F)C(=O)N1C[C@H]2[C@@H]([C@H]1C(=O)NC(C#N)c1cnc3c(n1)OCCC3)C2(C)C. The predicted octanol–water partition coefficient (Wildman–Crippen LogP) is 2.06. The molecule has 5 atom stereocenters.